The third-order valence-electron chi connectivity index (χ3n) is 2.56. The van der Waals surface area contributed by atoms with E-state index in [0.29, 0.717) is 26.1 Å². The van der Waals surface area contributed by atoms with E-state index in [0.717, 1.165) is 25.7 Å². The summed E-state index contributed by atoms with van der Waals surface area (Å²) in [5, 5.41) is 0. The second kappa shape index (κ2) is 5.68. The van der Waals surface area contributed by atoms with Crippen LogP contribution in [-0.4, -0.2) is 38.1 Å². The topological polar surface area (TPSA) is 63.4 Å². The smallest absolute Gasteiger partial charge is 0.214 e. The summed E-state index contributed by atoms with van der Waals surface area (Å²) in [5.41, 5.74) is 5.31. The molecule has 1 aliphatic heterocycles. The minimum absolute atomic E-state index is 0.212. The van der Waals surface area contributed by atoms with Gasteiger partial charge in [0.15, 0.2) is 0 Å². The summed E-state index contributed by atoms with van der Waals surface area (Å²) in [6.45, 7) is 1.85. The van der Waals surface area contributed by atoms with Gasteiger partial charge in [0.25, 0.3) is 0 Å². The first kappa shape index (κ1) is 11.9. The fourth-order valence-electron chi connectivity index (χ4n) is 1.71. The van der Waals surface area contributed by atoms with Gasteiger partial charge in [-0.1, -0.05) is 12.8 Å². The molecule has 4 nitrogen and oxygen atoms in total. The first-order valence-corrected chi connectivity index (χ1v) is 6.95. The lowest BCUT2D eigenvalue weighted by molar-refractivity contribution is 0.423. The quantitative estimate of drug-likeness (QED) is 0.752. The number of rotatable bonds is 4. The molecule has 1 aliphatic rings. The molecule has 0 aromatic rings. The van der Waals surface area contributed by atoms with E-state index >= 15 is 0 Å². The highest BCUT2D eigenvalue weighted by Crippen LogP contribution is 2.13. The van der Waals surface area contributed by atoms with Crippen molar-refractivity contribution in [2.24, 2.45) is 5.73 Å². The van der Waals surface area contributed by atoms with Crippen LogP contribution in [0.1, 0.15) is 32.1 Å². The van der Waals surface area contributed by atoms with E-state index in [-0.39, 0.29) is 5.75 Å². The fraction of sp³-hybridized carbons (Fsp3) is 1.00. The third kappa shape index (κ3) is 3.55. The summed E-state index contributed by atoms with van der Waals surface area (Å²) in [7, 11) is -3.02. The molecule has 0 saturated carbocycles. The highest BCUT2D eigenvalue weighted by Gasteiger charge is 2.21. The average Bonchev–Trinajstić information content (AvgIpc) is 2.43. The van der Waals surface area contributed by atoms with E-state index in [1.54, 1.807) is 4.31 Å². The number of hydrogen-bond donors (Lipinski definition) is 1. The summed E-state index contributed by atoms with van der Waals surface area (Å²) >= 11 is 0. The first-order valence-electron chi connectivity index (χ1n) is 5.35. The molecule has 5 heteroatoms. The Balaban J connectivity index is 2.51. The predicted molar refractivity (Wildman–Crippen MR) is 57.5 cm³/mol. The summed E-state index contributed by atoms with van der Waals surface area (Å²) in [6, 6.07) is 0. The molecule has 1 fully saturated rings. The van der Waals surface area contributed by atoms with Gasteiger partial charge in [-0.05, 0) is 25.8 Å². The highest BCUT2D eigenvalue weighted by molar-refractivity contribution is 7.89. The van der Waals surface area contributed by atoms with Crippen molar-refractivity contribution >= 4 is 10.0 Å². The van der Waals surface area contributed by atoms with Gasteiger partial charge >= 0.3 is 0 Å². The molecule has 0 radical (unpaired) electrons. The van der Waals surface area contributed by atoms with Gasteiger partial charge in [0.1, 0.15) is 0 Å². The first-order chi connectivity index (χ1) is 6.67. The Kier molecular flexibility index (Phi) is 4.84. The molecule has 0 unspecified atom stereocenters. The van der Waals surface area contributed by atoms with Crippen molar-refractivity contribution in [2.75, 3.05) is 25.4 Å². The molecule has 0 bridgehead atoms. The third-order valence-corrected chi connectivity index (χ3v) is 4.52. The van der Waals surface area contributed by atoms with E-state index < -0.39 is 10.0 Å². The Morgan fingerprint density at radius 3 is 2.14 bits per heavy atom. The number of hydrogen-bond acceptors (Lipinski definition) is 3. The zero-order chi connectivity index (χ0) is 10.4. The van der Waals surface area contributed by atoms with Crippen LogP contribution in [0.25, 0.3) is 0 Å². The second-order valence-electron chi connectivity index (χ2n) is 3.77. The summed E-state index contributed by atoms with van der Waals surface area (Å²) in [5.74, 6) is 0.212. The monoisotopic (exact) mass is 220 g/mol. The lowest BCUT2D eigenvalue weighted by Crippen LogP contribution is -2.34. The van der Waals surface area contributed by atoms with Crippen molar-refractivity contribution in [3.63, 3.8) is 0 Å². The van der Waals surface area contributed by atoms with E-state index in [9.17, 15) is 8.42 Å². The molecule has 0 aromatic heterocycles. The molecule has 2 N–H and O–H groups in total. The van der Waals surface area contributed by atoms with Gasteiger partial charge in [-0.25, -0.2) is 12.7 Å². The standard InChI is InChI=1S/C9H20N2O2S/c10-6-5-9-14(12,13)11-7-3-1-2-4-8-11/h1-10H2. The maximum Gasteiger partial charge on any atom is 0.214 e. The summed E-state index contributed by atoms with van der Waals surface area (Å²) in [4.78, 5) is 0. The molecule has 1 heterocycles. The van der Waals surface area contributed by atoms with Gasteiger partial charge in [0.2, 0.25) is 10.0 Å². The van der Waals surface area contributed by atoms with Gasteiger partial charge in [0, 0.05) is 13.1 Å². The Hall–Kier alpha value is -0.130. The normalized spacial score (nSPS) is 20.6. The van der Waals surface area contributed by atoms with Gasteiger partial charge in [-0.2, -0.15) is 0 Å². The average molecular weight is 220 g/mol. The SMILES string of the molecule is NCCCS(=O)(=O)N1CCCCCC1. The van der Waals surface area contributed by atoms with E-state index in [1.165, 1.54) is 0 Å². The van der Waals surface area contributed by atoms with Crippen molar-refractivity contribution in [2.45, 2.75) is 32.1 Å². The lowest BCUT2D eigenvalue weighted by atomic mass is 10.2. The summed E-state index contributed by atoms with van der Waals surface area (Å²) < 4.78 is 25.2. The van der Waals surface area contributed by atoms with Crippen molar-refractivity contribution < 1.29 is 8.42 Å². The van der Waals surface area contributed by atoms with Crippen LogP contribution in [0.4, 0.5) is 0 Å². The molecule has 1 rings (SSSR count). The van der Waals surface area contributed by atoms with Gasteiger partial charge in [-0.15, -0.1) is 0 Å². The Labute approximate surface area is 86.5 Å². The molecule has 0 atom stereocenters. The zero-order valence-corrected chi connectivity index (χ0v) is 9.43. The maximum absolute atomic E-state index is 11.8. The largest absolute Gasteiger partial charge is 0.330 e. The van der Waals surface area contributed by atoms with E-state index in [2.05, 4.69) is 0 Å². The van der Waals surface area contributed by atoms with Gasteiger partial charge < -0.3 is 5.73 Å². The minimum Gasteiger partial charge on any atom is -0.330 e. The van der Waals surface area contributed by atoms with Crippen LogP contribution in [0.3, 0.4) is 0 Å². The van der Waals surface area contributed by atoms with Crippen LogP contribution in [0, 0.1) is 0 Å². The molecule has 1 saturated heterocycles. The summed E-state index contributed by atoms with van der Waals surface area (Å²) in [6.07, 6.45) is 4.88. The minimum atomic E-state index is -3.02. The van der Waals surface area contributed by atoms with Crippen molar-refractivity contribution in [1.82, 2.24) is 4.31 Å². The molecule has 0 spiro atoms. The zero-order valence-electron chi connectivity index (χ0n) is 8.61. The van der Waals surface area contributed by atoms with Crippen molar-refractivity contribution in [3.8, 4) is 0 Å². The second-order valence-corrected chi connectivity index (χ2v) is 5.86. The van der Waals surface area contributed by atoms with Gasteiger partial charge in [0.05, 0.1) is 5.75 Å². The molecule has 0 aliphatic carbocycles. The van der Waals surface area contributed by atoms with Gasteiger partial charge in [-0.3, -0.25) is 0 Å². The lowest BCUT2D eigenvalue weighted by Gasteiger charge is -2.19. The van der Waals surface area contributed by atoms with Crippen LogP contribution in [-0.2, 0) is 10.0 Å². The number of nitrogens with two attached hydrogens (primary N) is 1. The van der Waals surface area contributed by atoms with Crippen LogP contribution in [0.2, 0.25) is 0 Å². The molecule has 0 amide bonds. The Bertz CT molecular complexity index is 244. The highest BCUT2D eigenvalue weighted by atomic mass is 32.2. The fourth-order valence-corrected chi connectivity index (χ4v) is 3.32. The van der Waals surface area contributed by atoms with Crippen LogP contribution in [0.15, 0.2) is 0 Å². The van der Waals surface area contributed by atoms with Crippen LogP contribution < -0.4 is 5.73 Å². The van der Waals surface area contributed by atoms with E-state index in [1.807, 2.05) is 0 Å². The Morgan fingerprint density at radius 2 is 1.64 bits per heavy atom. The maximum atomic E-state index is 11.8. The molecule has 0 aromatic carbocycles. The number of sulfonamides is 1. The Morgan fingerprint density at radius 1 is 1.07 bits per heavy atom. The predicted octanol–water partition coefficient (Wildman–Crippen LogP) is 0.541. The molecular formula is C9H20N2O2S. The van der Waals surface area contributed by atoms with Crippen molar-refractivity contribution in [1.29, 1.82) is 0 Å². The molecule has 14 heavy (non-hydrogen) atoms. The molecule has 84 valence electrons. The molecular weight excluding hydrogens is 200 g/mol. The van der Waals surface area contributed by atoms with Crippen LogP contribution in [0.5, 0.6) is 0 Å². The number of nitrogens with zero attached hydrogens (tertiary/aromatic N) is 1. The van der Waals surface area contributed by atoms with Crippen molar-refractivity contribution in [3.05, 3.63) is 0 Å². The van der Waals surface area contributed by atoms with Crippen LogP contribution >= 0.6 is 0 Å². The van der Waals surface area contributed by atoms with E-state index in [4.69, 9.17) is 5.73 Å².